The molecule has 0 fully saturated rings. The zero-order chi connectivity index (χ0) is 11.3. The van der Waals surface area contributed by atoms with Gasteiger partial charge in [0.05, 0.1) is 0 Å². The molecule has 15 heavy (non-hydrogen) atoms. The van der Waals surface area contributed by atoms with Gasteiger partial charge in [-0.15, -0.1) is 0 Å². The largest absolute Gasteiger partial charge is 0.355 e. The van der Waals surface area contributed by atoms with Crippen LogP contribution >= 0.6 is 0 Å². The molecule has 0 bridgehead atoms. The molecule has 3 nitrogen and oxygen atoms in total. The van der Waals surface area contributed by atoms with Crippen molar-refractivity contribution in [3.8, 4) is 0 Å². The van der Waals surface area contributed by atoms with Gasteiger partial charge in [-0.2, -0.15) is 0 Å². The fourth-order valence-corrected chi connectivity index (χ4v) is 1.36. The van der Waals surface area contributed by atoms with E-state index in [4.69, 9.17) is 5.73 Å². The highest BCUT2D eigenvalue weighted by atomic mass is 16.1. The third-order valence-corrected chi connectivity index (χ3v) is 2.33. The van der Waals surface area contributed by atoms with E-state index in [0.29, 0.717) is 5.56 Å². The van der Waals surface area contributed by atoms with Crippen LogP contribution in [0.15, 0.2) is 24.3 Å². The van der Waals surface area contributed by atoms with Crippen molar-refractivity contribution in [3.63, 3.8) is 0 Å². The van der Waals surface area contributed by atoms with E-state index in [1.165, 1.54) is 5.56 Å². The maximum Gasteiger partial charge on any atom is 0.251 e. The second-order valence-corrected chi connectivity index (χ2v) is 3.79. The smallest absolute Gasteiger partial charge is 0.251 e. The lowest BCUT2D eigenvalue weighted by Crippen LogP contribution is -2.17. The first-order chi connectivity index (χ1) is 7.13. The summed E-state index contributed by atoms with van der Waals surface area (Å²) in [5.74, 6) is -0.0475. The van der Waals surface area contributed by atoms with E-state index in [1.54, 1.807) is 7.05 Å². The minimum Gasteiger partial charge on any atom is -0.355 e. The lowest BCUT2D eigenvalue weighted by atomic mass is 10.0. The predicted molar refractivity (Wildman–Crippen MR) is 61.8 cm³/mol. The van der Waals surface area contributed by atoms with Crippen LogP contribution in [0.25, 0.3) is 0 Å². The van der Waals surface area contributed by atoms with E-state index in [0.717, 1.165) is 12.8 Å². The molecule has 1 amide bonds. The van der Waals surface area contributed by atoms with Gasteiger partial charge in [-0.05, 0) is 37.5 Å². The fraction of sp³-hybridized carbons (Fsp3) is 0.417. The van der Waals surface area contributed by atoms with E-state index in [2.05, 4.69) is 5.32 Å². The molecule has 3 heteroatoms. The van der Waals surface area contributed by atoms with Crippen LogP contribution in [0, 0.1) is 0 Å². The predicted octanol–water partition coefficient (Wildman–Crippen LogP) is 1.33. The number of nitrogens with one attached hydrogen (secondary N) is 1. The Bertz CT molecular complexity index is 317. The molecule has 1 aromatic carbocycles. The summed E-state index contributed by atoms with van der Waals surface area (Å²) in [4.78, 5) is 11.3. The van der Waals surface area contributed by atoms with Crippen molar-refractivity contribution < 1.29 is 4.79 Å². The average molecular weight is 206 g/mol. The monoisotopic (exact) mass is 206 g/mol. The molecular weight excluding hydrogens is 188 g/mol. The quantitative estimate of drug-likeness (QED) is 0.780. The normalized spacial score (nSPS) is 12.2. The number of carbonyl (C=O) groups is 1. The lowest BCUT2D eigenvalue weighted by Gasteiger charge is -2.05. The maximum atomic E-state index is 11.3. The van der Waals surface area contributed by atoms with Gasteiger partial charge in [-0.25, -0.2) is 0 Å². The van der Waals surface area contributed by atoms with Crippen LogP contribution in [-0.4, -0.2) is 19.0 Å². The van der Waals surface area contributed by atoms with Gasteiger partial charge in [0, 0.05) is 18.7 Å². The Kier molecular flexibility index (Phi) is 4.31. The van der Waals surface area contributed by atoms with Gasteiger partial charge in [0.1, 0.15) is 0 Å². The minimum atomic E-state index is -0.0475. The average Bonchev–Trinajstić information content (AvgIpc) is 2.26. The third kappa shape index (κ3) is 3.72. The van der Waals surface area contributed by atoms with E-state index in [1.807, 2.05) is 31.2 Å². The van der Waals surface area contributed by atoms with Gasteiger partial charge >= 0.3 is 0 Å². The molecule has 0 saturated heterocycles. The van der Waals surface area contributed by atoms with Crippen molar-refractivity contribution in [1.29, 1.82) is 0 Å². The van der Waals surface area contributed by atoms with Gasteiger partial charge in [0.25, 0.3) is 5.91 Å². The number of nitrogens with two attached hydrogens (primary N) is 1. The SMILES string of the molecule is CNC(=O)c1ccc(CC[C@@H](C)N)cc1. The van der Waals surface area contributed by atoms with Crippen LogP contribution in [0.4, 0.5) is 0 Å². The second-order valence-electron chi connectivity index (χ2n) is 3.79. The Morgan fingerprint density at radius 1 is 1.40 bits per heavy atom. The van der Waals surface area contributed by atoms with Crippen LogP contribution in [0.2, 0.25) is 0 Å². The Labute approximate surface area is 90.7 Å². The molecule has 0 heterocycles. The van der Waals surface area contributed by atoms with Crippen molar-refractivity contribution in [3.05, 3.63) is 35.4 Å². The highest BCUT2D eigenvalue weighted by molar-refractivity contribution is 5.93. The molecule has 0 aliphatic carbocycles. The summed E-state index contributed by atoms with van der Waals surface area (Å²) in [6.45, 7) is 2.00. The van der Waals surface area contributed by atoms with Crippen LogP contribution in [0.5, 0.6) is 0 Å². The summed E-state index contributed by atoms with van der Waals surface area (Å²) < 4.78 is 0. The molecule has 0 aromatic heterocycles. The summed E-state index contributed by atoms with van der Waals surface area (Å²) in [5, 5.41) is 2.59. The molecule has 0 spiro atoms. The Balaban J connectivity index is 2.60. The number of hydrogen-bond donors (Lipinski definition) is 2. The van der Waals surface area contributed by atoms with Gasteiger partial charge < -0.3 is 11.1 Å². The molecule has 0 aliphatic rings. The molecule has 0 unspecified atom stereocenters. The number of benzene rings is 1. The maximum absolute atomic E-state index is 11.3. The number of hydrogen-bond acceptors (Lipinski definition) is 2. The molecule has 3 N–H and O–H groups in total. The Morgan fingerprint density at radius 2 is 2.00 bits per heavy atom. The number of amides is 1. The minimum absolute atomic E-state index is 0.0475. The fourth-order valence-electron chi connectivity index (χ4n) is 1.36. The summed E-state index contributed by atoms with van der Waals surface area (Å²) >= 11 is 0. The highest BCUT2D eigenvalue weighted by Crippen LogP contribution is 2.07. The first kappa shape index (κ1) is 11.7. The zero-order valence-corrected chi connectivity index (χ0v) is 9.29. The molecule has 0 radical (unpaired) electrons. The van der Waals surface area contributed by atoms with Crippen molar-refractivity contribution >= 4 is 5.91 Å². The van der Waals surface area contributed by atoms with E-state index in [-0.39, 0.29) is 11.9 Å². The van der Waals surface area contributed by atoms with Crippen molar-refractivity contribution in [1.82, 2.24) is 5.32 Å². The van der Waals surface area contributed by atoms with Gasteiger partial charge in [-0.3, -0.25) is 4.79 Å². The molecule has 1 aromatic rings. The van der Waals surface area contributed by atoms with Crippen LogP contribution in [0.1, 0.15) is 29.3 Å². The van der Waals surface area contributed by atoms with Gasteiger partial charge in [0.2, 0.25) is 0 Å². The van der Waals surface area contributed by atoms with Crippen molar-refractivity contribution in [2.24, 2.45) is 5.73 Å². The molecule has 82 valence electrons. The summed E-state index contributed by atoms with van der Waals surface area (Å²) in [5.41, 5.74) is 7.59. The molecular formula is C12H18N2O. The number of aryl methyl sites for hydroxylation is 1. The summed E-state index contributed by atoms with van der Waals surface area (Å²) in [7, 11) is 1.63. The Morgan fingerprint density at radius 3 is 2.47 bits per heavy atom. The third-order valence-electron chi connectivity index (χ3n) is 2.33. The molecule has 1 rings (SSSR count). The Hall–Kier alpha value is -1.35. The summed E-state index contributed by atoms with van der Waals surface area (Å²) in [6.07, 6.45) is 1.94. The van der Waals surface area contributed by atoms with E-state index in [9.17, 15) is 4.79 Å². The van der Waals surface area contributed by atoms with Crippen molar-refractivity contribution in [2.75, 3.05) is 7.05 Å². The zero-order valence-electron chi connectivity index (χ0n) is 9.29. The highest BCUT2D eigenvalue weighted by Gasteiger charge is 2.02. The van der Waals surface area contributed by atoms with E-state index >= 15 is 0 Å². The topological polar surface area (TPSA) is 55.1 Å². The first-order valence-corrected chi connectivity index (χ1v) is 5.20. The van der Waals surface area contributed by atoms with Gasteiger partial charge in [-0.1, -0.05) is 12.1 Å². The van der Waals surface area contributed by atoms with Gasteiger partial charge in [0.15, 0.2) is 0 Å². The number of carbonyl (C=O) groups excluding carboxylic acids is 1. The first-order valence-electron chi connectivity index (χ1n) is 5.20. The van der Waals surface area contributed by atoms with E-state index < -0.39 is 0 Å². The molecule has 0 saturated carbocycles. The summed E-state index contributed by atoms with van der Waals surface area (Å²) in [6, 6.07) is 7.87. The van der Waals surface area contributed by atoms with Crippen LogP contribution in [0.3, 0.4) is 0 Å². The van der Waals surface area contributed by atoms with Crippen LogP contribution < -0.4 is 11.1 Å². The standard InChI is InChI=1S/C12H18N2O/c1-9(13)3-4-10-5-7-11(8-6-10)12(15)14-2/h5-9H,3-4,13H2,1-2H3,(H,14,15)/t9-/m1/s1. The number of rotatable bonds is 4. The molecule has 1 atom stereocenters. The second kappa shape index (κ2) is 5.51. The lowest BCUT2D eigenvalue weighted by molar-refractivity contribution is 0.0963. The molecule has 0 aliphatic heterocycles. The van der Waals surface area contributed by atoms with Crippen LogP contribution in [-0.2, 0) is 6.42 Å². The van der Waals surface area contributed by atoms with Crippen molar-refractivity contribution in [2.45, 2.75) is 25.8 Å².